The van der Waals surface area contributed by atoms with Crippen LogP contribution in [0.1, 0.15) is 11.1 Å². The first-order valence-corrected chi connectivity index (χ1v) is 11.6. The van der Waals surface area contributed by atoms with Crippen LogP contribution in [0.25, 0.3) is 0 Å². The number of benzene rings is 3. The van der Waals surface area contributed by atoms with E-state index in [1.54, 1.807) is 24.3 Å². The van der Waals surface area contributed by atoms with Gasteiger partial charge in [-0.15, -0.1) is 0 Å². The molecule has 1 heterocycles. The highest BCUT2D eigenvalue weighted by Crippen LogP contribution is 2.42. The average molecular weight is 492 g/mol. The lowest BCUT2D eigenvalue weighted by atomic mass is 10.1. The normalized spacial score (nSPS) is 16.8. The molecule has 2 amide bonds. The van der Waals surface area contributed by atoms with Crippen LogP contribution in [0.3, 0.4) is 0 Å². The molecule has 0 saturated carbocycles. The lowest BCUT2D eigenvalue weighted by Crippen LogP contribution is -2.30. The van der Waals surface area contributed by atoms with Gasteiger partial charge in [0.2, 0.25) is 5.91 Å². The predicted octanol–water partition coefficient (Wildman–Crippen LogP) is 5.85. The number of nitrogens with one attached hydrogen (secondary N) is 1. The molecule has 0 aromatic heterocycles. The molecule has 8 heteroatoms. The molecule has 5 nitrogen and oxygen atoms in total. The van der Waals surface area contributed by atoms with E-state index in [0.29, 0.717) is 22.8 Å². The Balaban J connectivity index is 1.72. The molecule has 0 spiro atoms. The van der Waals surface area contributed by atoms with Crippen LogP contribution in [-0.4, -0.2) is 17.1 Å². The van der Waals surface area contributed by atoms with Gasteiger partial charge in [-0.3, -0.25) is 14.5 Å². The van der Waals surface area contributed by atoms with Crippen molar-refractivity contribution < 1.29 is 14.0 Å². The minimum Gasteiger partial charge on any atom is -0.321 e. The van der Waals surface area contributed by atoms with E-state index in [1.165, 1.54) is 40.9 Å². The Labute approximate surface area is 205 Å². The van der Waals surface area contributed by atoms with Crippen LogP contribution >= 0.6 is 23.4 Å². The summed E-state index contributed by atoms with van der Waals surface area (Å²) in [4.78, 5) is 27.9. The molecule has 0 aliphatic carbocycles. The highest BCUT2D eigenvalue weighted by molar-refractivity contribution is 8.05. The Kier molecular flexibility index (Phi) is 7.01. The summed E-state index contributed by atoms with van der Waals surface area (Å²) in [5.74, 6) is -1.35. The number of rotatable bonds is 5. The highest BCUT2D eigenvalue weighted by atomic mass is 35.5. The maximum Gasteiger partial charge on any atom is 0.269 e. The number of halogens is 2. The van der Waals surface area contributed by atoms with Crippen molar-refractivity contribution in [2.24, 2.45) is 0 Å². The third-order valence-electron chi connectivity index (χ3n) is 5.20. The van der Waals surface area contributed by atoms with Crippen LogP contribution in [0, 0.1) is 24.1 Å². The summed E-state index contributed by atoms with van der Waals surface area (Å²) < 4.78 is 13.2. The van der Waals surface area contributed by atoms with Gasteiger partial charge < -0.3 is 5.32 Å². The summed E-state index contributed by atoms with van der Waals surface area (Å²) in [7, 11) is 0. The smallest absolute Gasteiger partial charge is 0.269 e. The molecule has 1 unspecified atom stereocenters. The third kappa shape index (κ3) is 5.14. The zero-order valence-electron chi connectivity index (χ0n) is 18.1. The second-order valence-corrected chi connectivity index (χ2v) is 9.33. The molecule has 0 bridgehead atoms. The molecule has 170 valence electrons. The van der Waals surface area contributed by atoms with Crippen molar-refractivity contribution in [2.45, 2.75) is 18.6 Å². The number of thioether (sulfide) groups is 1. The maximum atomic E-state index is 13.5. The van der Waals surface area contributed by atoms with Gasteiger partial charge in [-0.1, -0.05) is 53.2 Å². The second kappa shape index (κ2) is 10.1. The van der Waals surface area contributed by atoms with Crippen molar-refractivity contribution in [1.29, 1.82) is 5.26 Å². The van der Waals surface area contributed by atoms with Crippen molar-refractivity contribution in [3.8, 4) is 6.07 Å². The van der Waals surface area contributed by atoms with E-state index < -0.39 is 17.0 Å². The van der Waals surface area contributed by atoms with E-state index in [9.17, 15) is 19.2 Å². The fourth-order valence-corrected chi connectivity index (χ4v) is 5.03. The Bertz CT molecular complexity index is 1320. The van der Waals surface area contributed by atoms with Crippen LogP contribution in [0.5, 0.6) is 0 Å². The first-order chi connectivity index (χ1) is 16.4. The fraction of sp³-hybridized carbons (Fsp3) is 0.115. The van der Waals surface area contributed by atoms with Crippen LogP contribution in [0.2, 0.25) is 5.02 Å². The summed E-state index contributed by atoms with van der Waals surface area (Å²) in [6, 6.07) is 21.7. The number of hydrogen-bond acceptors (Lipinski definition) is 4. The summed E-state index contributed by atoms with van der Waals surface area (Å²) in [5.41, 5.74) is 2.70. The minimum absolute atomic E-state index is 0.204. The fourth-order valence-electron chi connectivity index (χ4n) is 3.59. The molecule has 1 atom stereocenters. The third-order valence-corrected chi connectivity index (χ3v) is 6.71. The zero-order valence-corrected chi connectivity index (χ0v) is 19.7. The predicted molar refractivity (Wildman–Crippen MR) is 133 cm³/mol. The van der Waals surface area contributed by atoms with Crippen LogP contribution < -0.4 is 10.2 Å². The highest BCUT2D eigenvalue weighted by Gasteiger charge is 2.40. The van der Waals surface area contributed by atoms with E-state index >= 15 is 0 Å². The summed E-state index contributed by atoms with van der Waals surface area (Å²) in [6.07, 6.45) is 0.442. The summed E-state index contributed by atoms with van der Waals surface area (Å²) >= 11 is 7.20. The van der Waals surface area contributed by atoms with Crippen molar-refractivity contribution in [1.82, 2.24) is 0 Å². The molecule has 0 radical (unpaired) electrons. The number of aryl methyl sites for hydroxylation is 1. The standard InChI is InChI=1S/C26H19ClFN3O2S/c1-16-3-2-4-17(13-16)14-23-25(33)31(21-11-5-18(27)6-12-21)26(34-23)22(15-29)24(32)30-20-9-7-19(28)8-10-20/h2-13,23H,14H2,1H3,(H,30,32). The van der Waals surface area contributed by atoms with Gasteiger partial charge in [-0.05, 0) is 67.4 Å². The Morgan fingerprint density at radius 2 is 1.85 bits per heavy atom. The molecular weight excluding hydrogens is 473 g/mol. The van der Waals surface area contributed by atoms with Crippen molar-refractivity contribution in [3.63, 3.8) is 0 Å². The monoisotopic (exact) mass is 491 g/mol. The van der Waals surface area contributed by atoms with E-state index in [0.717, 1.165) is 11.1 Å². The molecule has 1 aliphatic heterocycles. The first kappa shape index (κ1) is 23.6. The van der Waals surface area contributed by atoms with Gasteiger partial charge in [0.15, 0.2) is 0 Å². The molecule has 1 fully saturated rings. The zero-order chi connectivity index (χ0) is 24.2. The van der Waals surface area contributed by atoms with Crippen molar-refractivity contribution >= 4 is 46.6 Å². The van der Waals surface area contributed by atoms with Gasteiger partial charge in [-0.2, -0.15) is 5.26 Å². The van der Waals surface area contributed by atoms with Gasteiger partial charge in [0.05, 0.1) is 5.25 Å². The lowest BCUT2D eigenvalue weighted by molar-refractivity contribution is -0.117. The van der Waals surface area contributed by atoms with E-state index in [1.807, 2.05) is 37.3 Å². The largest absolute Gasteiger partial charge is 0.321 e. The Morgan fingerprint density at radius 3 is 2.50 bits per heavy atom. The molecule has 1 saturated heterocycles. The summed E-state index contributed by atoms with van der Waals surface area (Å²) in [6.45, 7) is 1.98. The number of nitrogens with zero attached hydrogens (tertiary/aromatic N) is 2. The number of anilines is 2. The second-order valence-electron chi connectivity index (χ2n) is 7.70. The van der Waals surface area contributed by atoms with Crippen molar-refractivity contribution in [3.05, 3.63) is 105 Å². The molecule has 1 aliphatic rings. The Morgan fingerprint density at radius 1 is 1.15 bits per heavy atom. The maximum absolute atomic E-state index is 13.5. The first-order valence-electron chi connectivity index (χ1n) is 10.4. The molecule has 3 aromatic carbocycles. The SMILES string of the molecule is Cc1cccc(CC2SC(=C(C#N)C(=O)Nc3ccc(F)cc3)N(c3ccc(Cl)cc3)C2=O)c1. The number of nitriles is 1. The number of carbonyl (C=O) groups is 2. The summed E-state index contributed by atoms with van der Waals surface area (Å²) in [5, 5.41) is 12.7. The van der Waals surface area contributed by atoms with Gasteiger partial charge >= 0.3 is 0 Å². The van der Waals surface area contributed by atoms with Crippen LogP contribution in [0.4, 0.5) is 15.8 Å². The number of hydrogen-bond donors (Lipinski definition) is 1. The van der Waals surface area contributed by atoms with E-state index in [-0.39, 0.29) is 16.5 Å². The van der Waals surface area contributed by atoms with Crippen molar-refractivity contribution in [2.75, 3.05) is 10.2 Å². The van der Waals surface area contributed by atoms with Crippen LogP contribution in [0.15, 0.2) is 83.4 Å². The molecule has 34 heavy (non-hydrogen) atoms. The van der Waals surface area contributed by atoms with E-state index in [2.05, 4.69) is 5.32 Å². The lowest BCUT2D eigenvalue weighted by Gasteiger charge is -2.19. The minimum atomic E-state index is -0.681. The van der Waals surface area contributed by atoms with Gasteiger partial charge in [0.25, 0.3) is 5.91 Å². The van der Waals surface area contributed by atoms with E-state index in [4.69, 9.17) is 11.6 Å². The molecule has 3 aromatic rings. The molecule has 4 rings (SSSR count). The average Bonchev–Trinajstić information content (AvgIpc) is 3.12. The quantitative estimate of drug-likeness (QED) is 0.359. The van der Waals surface area contributed by atoms with Crippen LogP contribution in [-0.2, 0) is 16.0 Å². The Hall–Kier alpha value is -3.60. The van der Waals surface area contributed by atoms with Gasteiger partial charge in [0.1, 0.15) is 22.5 Å². The topological polar surface area (TPSA) is 73.2 Å². The van der Waals surface area contributed by atoms with Gasteiger partial charge in [0, 0.05) is 16.4 Å². The molecular formula is C26H19ClFN3O2S. The number of carbonyl (C=O) groups excluding carboxylic acids is 2. The number of amides is 2. The van der Waals surface area contributed by atoms with Gasteiger partial charge in [-0.25, -0.2) is 4.39 Å². The molecule has 1 N–H and O–H groups in total.